The molecule has 10 heteroatoms. The van der Waals surface area contributed by atoms with Gasteiger partial charge in [0.2, 0.25) is 12.7 Å². The summed E-state index contributed by atoms with van der Waals surface area (Å²) < 4.78 is 14.0. The summed E-state index contributed by atoms with van der Waals surface area (Å²) in [6, 6.07) is 13.2. The van der Waals surface area contributed by atoms with Crippen LogP contribution >= 0.6 is 34.4 Å². The molecule has 0 saturated carbocycles. The average molecular weight is 564 g/mol. The van der Waals surface area contributed by atoms with E-state index in [9.17, 15) is 9.59 Å². The second-order valence-corrected chi connectivity index (χ2v) is 9.27. The van der Waals surface area contributed by atoms with Crippen LogP contribution in [0.3, 0.4) is 0 Å². The van der Waals surface area contributed by atoms with Crippen LogP contribution in [0.25, 0.3) is 5.69 Å². The van der Waals surface area contributed by atoms with Crippen molar-refractivity contribution < 1.29 is 19.1 Å². The molecular formula is C22H21IN4O4S. The molecule has 1 N–H and O–H groups in total. The molecule has 3 aromatic rings. The van der Waals surface area contributed by atoms with Crippen LogP contribution < -0.4 is 14.8 Å². The average Bonchev–Trinajstić information content (AvgIpc) is 3.41. The van der Waals surface area contributed by atoms with Gasteiger partial charge in [-0.15, -0.1) is 10.2 Å². The zero-order chi connectivity index (χ0) is 22.5. The van der Waals surface area contributed by atoms with Gasteiger partial charge in [-0.05, 0) is 53.3 Å². The normalized spacial score (nSPS) is 12.1. The summed E-state index contributed by atoms with van der Waals surface area (Å²) in [5.74, 6) is 2.31. The molecule has 2 aromatic carbocycles. The summed E-state index contributed by atoms with van der Waals surface area (Å²) in [7, 11) is 0. The fourth-order valence-corrected chi connectivity index (χ4v) is 4.42. The Morgan fingerprint density at radius 2 is 1.91 bits per heavy atom. The van der Waals surface area contributed by atoms with Gasteiger partial charge in [0.1, 0.15) is 5.82 Å². The number of halogens is 1. The third-order valence-electron chi connectivity index (χ3n) is 4.76. The minimum atomic E-state index is -0.0624. The van der Waals surface area contributed by atoms with Crippen LogP contribution in [-0.4, -0.2) is 45.5 Å². The summed E-state index contributed by atoms with van der Waals surface area (Å²) in [6.07, 6.45) is 1.34. The molecule has 0 radical (unpaired) electrons. The highest BCUT2D eigenvalue weighted by Gasteiger charge is 2.20. The number of nitrogens with one attached hydrogen (secondary N) is 1. The molecular weight excluding hydrogens is 543 g/mol. The number of thioether (sulfide) groups is 1. The number of ketones is 1. The van der Waals surface area contributed by atoms with Crippen LogP contribution in [0, 0.1) is 3.57 Å². The Bertz CT molecular complexity index is 1130. The lowest BCUT2D eigenvalue weighted by Gasteiger charge is -2.11. The van der Waals surface area contributed by atoms with E-state index in [4.69, 9.17) is 9.47 Å². The quantitative estimate of drug-likeness (QED) is 0.184. The standard InChI is InChI=1S/C22H21IN4O4S/c1-14(28)24-10-2-3-21-25-26-22(32-12-18(29)15-4-6-16(23)7-5-15)27(21)17-8-9-19-20(11-17)31-13-30-19/h4-9,11H,2-3,10,12-13H2,1H3,(H,24,28). The van der Waals surface area contributed by atoms with Crippen molar-refractivity contribution in [1.29, 1.82) is 0 Å². The maximum Gasteiger partial charge on any atom is 0.231 e. The molecule has 1 amide bonds. The Balaban J connectivity index is 1.55. The number of rotatable bonds is 9. The smallest absolute Gasteiger partial charge is 0.231 e. The molecule has 2 heterocycles. The van der Waals surface area contributed by atoms with E-state index in [1.807, 2.05) is 47.0 Å². The van der Waals surface area contributed by atoms with E-state index in [-0.39, 0.29) is 24.2 Å². The summed E-state index contributed by atoms with van der Waals surface area (Å²) in [5.41, 5.74) is 1.50. The Morgan fingerprint density at radius 3 is 2.69 bits per heavy atom. The van der Waals surface area contributed by atoms with Gasteiger partial charge < -0.3 is 14.8 Å². The number of ether oxygens (including phenoxy) is 2. The van der Waals surface area contributed by atoms with Crippen molar-refractivity contribution in [3.63, 3.8) is 0 Å². The lowest BCUT2D eigenvalue weighted by atomic mass is 10.2. The molecule has 0 bridgehead atoms. The first kappa shape index (κ1) is 22.6. The highest BCUT2D eigenvalue weighted by molar-refractivity contribution is 14.1. The summed E-state index contributed by atoms with van der Waals surface area (Å²) in [5, 5.41) is 12.1. The molecule has 0 spiro atoms. The van der Waals surface area contributed by atoms with Crippen molar-refractivity contribution in [2.24, 2.45) is 0 Å². The second kappa shape index (κ2) is 10.3. The number of nitrogens with zero attached hydrogens (tertiary/aromatic N) is 3. The van der Waals surface area contributed by atoms with E-state index < -0.39 is 0 Å². The molecule has 32 heavy (non-hydrogen) atoms. The molecule has 0 aliphatic carbocycles. The number of aryl methyl sites for hydroxylation is 1. The Labute approximate surface area is 203 Å². The van der Waals surface area contributed by atoms with Gasteiger partial charge in [0.15, 0.2) is 22.4 Å². The van der Waals surface area contributed by atoms with Crippen molar-refractivity contribution in [3.8, 4) is 17.2 Å². The third-order valence-corrected chi connectivity index (χ3v) is 6.41. The molecule has 166 valence electrons. The maximum atomic E-state index is 12.7. The first-order valence-electron chi connectivity index (χ1n) is 10.0. The van der Waals surface area contributed by atoms with E-state index in [0.717, 1.165) is 15.1 Å². The van der Waals surface area contributed by atoms with Gasteiger partial charge in [-0.2, -0.15) is 0 Å². The SMILES string of the molecule is CC(=O)NCCCc1nnc(SCC(=O)c2ccc(I)cc2)n1-c1ccc2c(c1)OCO2. The molecule has 4 rings (SSSR count). The van der Waals surface area contributed by atoms with Crippen LogP contribution in [0.2, 0.25) is 0 Å². The molecule has 0 unspecified atom stereocenters. The number of amides is 1. The van der Waals surface area contributed by atoms with Crippen molar-refractivity contribution in [1.82, 2.24) is 20.1 Å². The molecule has 8 nitrogen and oxygen atoms in total. The first-order valence-corrected chi connectivity index (χ1v) is 12.1. The molecule has 1 aliphatic heterocycles. The molecule has 1 aliphatic rings. The Hall–Kier alpha value is -2.60. The van der Waals surface area contributed by atoms with E-state index >= 15 is 0 Å². The van der Waals surface area contributed by atoms with Gasteiger partial charge in [0.25, 0.3) is 0 Å². The first-order chi connectivity index (χ1) is 15.5. The van der Waals surface area contributed by atoms with Gasteiger partial charge in [-0.25, -0.2) is 0 Å². The van der Waals surface area contributed by atoms with Crippen LogP contribution in [0.1, 0.15) is 29.5 Å². The minimum absolute atomic E-state index is 0.0267. The van der Waals surface area contributed by atoms with Gasteiger partial charge in [0.05, 0.1) is 11.4 Å². The van der Waals surface area contributed by atoms with Gasteiger partial charge >= 0.3 is 0 Å². The number of aromatic nitrogens is 3. The van der Waals surface area contributed by atoms with Gasteiger partial charge in [-0.3, -0.25) is 14.2 Å². The number of hydrogen-bond acceptors (Lipinski definition) is 7. The zero-order valence-electron chi connectivity index (χ0n) is 17.3. The van der Waals surface area contributed by atoms with Gasteiger partial charge in [-0.1, -0.05) is 23.9 Å². The lowest BCUT2D eigenvalue weighted by Crippen LogP contribution is -2.21. The number of Topliss-reactive ketones (excluding diaryl/α,β-unsaturated/α-hetero) is 1. The van der Waals surface area contributed by atoms with Crippen molar-refractivity contribution >= 4 is 46.0 Å². The van der Waals surface area contributed by atoms with E-state index in [0.29, 0.717) is 41.6 Å². The van der Waals surface area contributed by atoms with Crippen LogP contribution in [0.5, 0.6) is 11.5 Å². The fraction of sp³-hybridized carbons (Fsp3) is 0.273. The maximum absolute atomic E-state index is 12.7. The number of hydrogen-bond donors (Lipinski definition) is 1. The predicted molar refractivity (Wildman–Crippen MR) is 129 cm³/mol. The molecule has 0 atom stereocenters. The van der Waals surface area contributed by atoms with Crippen molar-refractivity contribution in [2.75, 3.05) is 19.1 Å². The highest BCUT2D eigenvalue weighted by atomic mass is 127. The number of carbonyl (C=O) groups is 2. The van der Waals surface area contributed by atoms with E-state index in [1.165, 1.54) is 18.7 Å². The zero-order valence-corrected chi connectivity index (χ0v) is 20.3. The van der Waals surface area contributed by atoms with Crippen molar-refractivity contribution in [2.45, 2.75) is 24.9 Å². The van der Waals surface area contributed by atoms with Gasteiger partial charge in [0, 0.05) is 35.1 Å². The number of fused-ring (bicyclic) bond motifs is 1. The monoisotopic (exact) mass is 564 g/mol. The second-order valence-electron chi connectivity index (χ2n) is 7.08. The van der Waals surface area contributed by atoms with E-state index in [2.05, 4.69) is 38.1 Å². The topological polar surface area (TPSA) is 95.3 Å². The highest BCUT2D eigenvalue weighted by Crippen LogP contribution is 2.35. The largest absolute Gasteiger partial charge is 0.454 e. The summed E-state index contributed by atoms with van der Waals surface area (Å²) >= 11 is 3.56. The number of carbonyl (C=O) groups excluding carboxylic acids is 2. The third kappa shape index (κ3) is 5.41. The van der Waals surface area contributed by atoms with E-state index in [1.54, 1.807) is 0 Å². The summed E-state index contributed by atoms with van der Waals surface area (Å²) in [6.45, 7) is 2.24. The molecule has 0 fully saturated rings. The Kier molecular flexibility index (Phi) is 7.30. The van der Waals surface area contributed by atoms with Crippen molar-refractivity contribution in [3.05, 3.63) is 57.4 Å². The summed E-state index contributed by atoms with van der Waals surface area (Å²) in [4.78, 5) is 23.8. The Morgan fingerprint density at radius 1 is 1.12 bits per heavy atom. The van der Waals surface area contributed by atoms with Crippen LogP contribution in [-0.2, 0) is 11.2 Å². The minimum Gasteiger partial charge on any atom is -0.454 e. The predicted octanol–water partition coefficient (Wildman–Crippen LogP) is 3.64. The van der Waals surface area contributed by atoms with Crippen LogP contribution in [0.4, 0.5) is 0 Å². The lowest BCUT2D eigenvalue weighted by molar-refractivity contribution is -0.118. The molecule has 0 saturated heterocycles. The fourth-order valence-electron chi connectivity index (χ4n) is 3.20. The van der Waals surface area contributed by atoms with Crippen LogP contribution in [0.15, 0.2) is 47.6 Å². The number of benzene rings is 2. The molecule has 1 aromatic heterocycles.